The highest BCUT2D eigenvalue weighted by Gasteiger charge is 2.31. The van der Waals surface area contributed by atoms with Crippen LogP contribution in [-0.2, 0) is 7.05 Å². The first-order valence-electron chi connectivity index (χ1n) is 11.0. The molecule has 11 heteroatoms. The molecule has 4 rings (SSSR count). The zero-order valence-electron chi connectivity index (χ0n) is 18.8. The van der Waals surface area contributed by atoms with Crippen LogP contribution >= 0.6 is 11.6 Å². The number of hydrogen-bond donors (Lipinski definition) is 0. The highest BCUT2D eigenvalue weighted by atomic mass is 35.5. The molecule has 0 spiro atoms. The molecule has 0 amide bonds. The van der Waals surface area contributed by atoms with Crippen LogP contribution in [0.15, 0.2) is 41.2 Å². The van der Waals surface area contributed by atoms with Crippen molar-refractivity contribution in [1.29, 1.82) is 5.26 Å². The predicted octanol–water partition coefficient (Wildman–Crippen LogP) is 5.67. The third-order valence-corrected chi connectivity index (χ3v) is 6.24. The van der Waals surface area contributed by atoms with Gasteiger partial charge in [0.1, 0.15) is 28.1 Å². The number of halogens is 4. The van der Waals surface area contributed by atoms with Crippen molar-refractivity contribution in [2.24, 2.45) is 13.0 Å². The Bertz CT molecular complexity index is 1320. The van der Waals surface area contributed by atoms with E-state index >= 15 is 0 Å². The van der Waals surface area contributed by atoms with Gasteiger partial charge in [-0.05, 0) is 43.0 Å². The Morgan fingerprint density at radius 3 is 2.69 bits per heavy atom. The second-order valence-corrected chi connectivity index (χ2v) is 8.75. The van der Waals surface area contributed by atoms with Crippen LogP contribution in [0, 0.1) is 17.2 Å². The molecule has 0 saturated carbocycles. The van der Waals surface area contributed by atoms with Gasteiger partial charge in [-0.25, -0.2) is 4.98 Å². The maximum atomic E-state index is 12.8. The molecule has 7 nitrogen and oxygen atoms in total. The van der Waals surface area contributed by atoms with E-state index in [4.69, 9.17) is 11.6 Å². The molecule has 0 radical (unpaired) electrons. The number of nitrogens with zero attached hydrogens (tertiary/aromatic N) is 5. The summed E-state index contributed by atoms with van der Waals surface area (Å²) in [6, 6.07) is 10.8. The molecule has 35 heavy (non-hydrogen) atoms. The number of anilines is 1. The van der Waals surface area contributed by atoms with E-state index in [2.05, 4.69) is 21.1 Å². The van der Waals surface area contributed by atoms with Crippen LogP contribution in [0.4, 0.5) is 24.5 Å². The van der Waals surface area contributed by atoms with Gasteiger partial charge in [0.05, 0.1) is 11.2 Å². The van der Waals surface area contributed by atoms with Crippen molar-refractivity contribution < 1.29 is 17.9 Å². The van der Waals surface area contributed by atoms with Crippen molar-refractivity contribution in [3.8, 4) is 11.8 Å². The van der Waals surface area contributed by atoms with E-state index in [-0.39, 0.29) is 27.9 Å². The summed E-state index contributed by atoms with van der Waals surface area (Å²) in [6.07, 6.45) is -2.15. The van der Waals surface area contributed by atoms with Crippen LogP contribution in [0.3, 0.4) is 0 Å². The number of ether oxygens (including phenoxy) is 1. The summed E-state index contributed by atoms with van der Waals surface area (Å²) in [5.74, 6) is -0.0345. The first-order chi connectivity index (χ1) is 16.7. The van der Waals surface area contributed by atoms with Gasteiger partial charge in [0.15, 0.2) is 0 Å². The molecule has 0 unspecified atom stereocenters. The van der Waals surface area contributed by atoms with Gasteiger partial charge in [0.25, 0.3) is 5.56 Å². The largest absolute Gasteiger partial charge is 0.684 e. The van der Waals surface area contributed by atoms with Gasteiger partial charge in [-0.2, -0.15) is 5.26 Å². The average molecular weight is 505 g/mol. The van der Waals surface area contributed by atoms with Gasteiger partial charge in [0.2, 0.25) is 0 Å². The van der Waals surface area contributed by atoms with Crippen LogP contribution in [0.1, 0.15) is 24.8 Å². The molecular weight excluding hydrogens is 483 g/mol. The molecule has 0 bridgehead atoms. The average Bonchev–Trinajstić information content (AvgIpc) is 2.81. The van der Waals surface area contributed by atoms with Crippen LogP contribution in [0.25, 0.3) is 16.4 Å². The zero-order valence-corrected chi connectivity index (χ0v) is 19.6. The molecule has 184 valence electrons. The number of fused-ring (bicyclic) bond motifs is 1. The lowest BCUT2D eigenvalue weighted by Crippen LogP contribution is -2.38. The third-order valence-electron chi connectivity index (χ3n) is 6.03. The molecule has 1 atom stereocenters. The first-order valence-corrected chi connectivity index (χ1v) is 11.4. The Morgan fingerprint density at radius 2 is 2.00 bits per heavy atom. The van der Waals surface area contributed by atoms with E-state index in [0.717, 1.165) is 19.3 Å². The molecule has 1 fully saturated rings. The van der Waals surface area contributed by atoms with E-state index in [1.807, 2.05) is 4.90 Å². The molecule has 2 aromatic heterocycles. The summed E-state index contributed by atoms with van der Waals surface area (Å²) in [6.45, 7) is 1.79. The Labute approximate surface area is 204 Å². The lowest BCUT2D eigenvalue weighted by molar-refractivity contribution is -0.274. The minimum atomic E-state index is -4.73. The standard InChI is InChI=1S/C24H22ClF3N5O2/c1-32-19-8-9-20(25)31-21(19)22(18(13-29)23(32)34)33-12-2-3-15(14-33)10-11-30-16-4-6-17(7-5-16)35-24(26,27)28/h4-9,15H,2-3,10-12,14H2,1H3/q-1/t15-/m1/s1. The molecule has 1 saturated heterocycles. The maximum Gasteiger partial charge on any atom is 0.573 e. The van der Waals surface area contributed by atoms with Crippen molar-refractivity contribution in [3.63, 3.8) is 0 Å². The maximum absolute atomic E-state index is 12.8. The summed E-state index contributed by atoms with van der Waals surface area (Å²) in [7, 11) is 1.60. The number of aromatic nitrogens is 2. The van der Waals surface area contributed by atoms with Crippen molar-refractivity contribution in [2.45, 2.75) is 25.6 Å². The van der Waals surface area contributed by atoms with Crippen molar-refractivity contribution >= 4 is 34.0 Å². The normalized spacial score (nSPS) is 16.2. The fraction of sp³-hybridized carbons (Fsp3) is 0.375. The minimum Gasteiger partial charge on any atom is -0.684 e. The molecular formula is C24H22ClF3N5O2-. The first kappa shape index (κ1) is 24.7. The highest BCUT2D eigenvalue weighted by molar-refractivity contribution is 6.29. The summed E-state index contributed by atoms with van der Waals surface area (Å²) in [5.41, 5.74) is 1.85. The number of benzene rings is 1. The van der Waals surface area contributed by atoms with E-state index < -0.39 is 6.36 Å². The van der Waals surface area contributed by atoms with Gasteiger partial charge in [0, 0.05) is 20.1 Å². The van der Waals surface area contributed by atoms with E-state index in [1.165, 1.54) is 28.8 Å². The second kappa shape index (κ2) is 10.0. The fourth-order valence-electron chi connectivity index (χ4n) is 4.41. The number of rotatable bonds is 6. The summed E-state index contributed by atoms with van der Waals surface area (Å²) in [5, 5.41) is 14.5. The van der Waals surface area contributed by atoms with Crippen molar-refractivity contribution in [2.75, 3.05) is 24.5 Å². The fourth-order valence-corrected chi connectivity index (χ4v) is 4.56. The van der Waals surface area contributed by atoms with Gasteiger partial charge in [-0.15, -0.1) is 25.4 Å². The van der Waals surface area contributed by atoms with Gasteiger partial charge in [-0.3, -0.25) is 4.79 Å². The SMILES string of the molecule is Cn1c(=O)c(C#N)c(N2CCC[C@H](CC[N-]c3ccc(OC(F)(F)F)cc3)C2)c2nc(Cl)ccc21. The van der Waals surface area contributed by atoms with Crippen LogP contribution in [0.2, 0.25) is 5.15 Å². The molecule has 3 heterocycles. The number of hydrogen-bond acceptors (Lipinski definition) is 5. The van der Waals surface area contributed by atoms with Gasteiger partial charge < -0.3 is 19.5 Å². The zero-order chi connectivity index (χ0) is 25.2. The third kappa shape index (κ3) is 5.62. The van der Waals surface area contributed by atoms with Crippen LogP contribution in [0.5, 0.6) is 5.75 Å². The number of nitriles is 1. The second-order valence-electron chi connectivity index (χ2n) is 8.37. The number of piperidine rings is 1. The molecule has 3 aromatic rings. The molecule has 1 aliphatic heterocycles. The number of pyridine rings is 2. The van der Waals surface area contributed by atoms with E-state index in [9.17, 15) is 23.2 Å². The molecule has 0 aliphatic carbocycles. The Balaban J connectivity index is 1.46. The van der Waals surface area contributed by atoms with E-state index in [0.29, 0.717) is 42.0 Å². The number of alkyl halides is 3. The predicted molar refractivity (Wildman–Crippen MR) is 127 cm³/mol. The van der Waals surface area contributed by atoms with Gasteiger partial charge >= 0.3 is 6.36 Å². The van der Waals surface area contributed by atoms with Crippen molar-refractivity contribution in [3.05, 3.63) is 62.8 Å². The molecule has 0 N–H and O–H groups in total. The minimum absolute atomic E-state index is 0.0428. The van der Waals surface area contributed by atoms with Gasteiger partial charge in [-0.1, -0.05) is 30.2 Å². The molecule has 1 aliphatic rings. The summed E-state index contributed by atoms with van der Waals surface area (Å²) >= 11 is 6.14. The Morgan fingerprint density at radius 1 is 1.26 bits per heavy atom. The quantitative estimate of drug-likeness (QED) is 0.404. The topological polar surface area (TPSA) is 85.2 Å². The van der Waals surface area contributed by atoms with Crippen molar-refractivity contribution in [1.82, 2.24) is 9.55 Å². The van der Waals surface area contributed by atoms with Crippen LogP contribution < -0.4 is 15.2 Å². The summed E-state index contributed by atoms with van der Waals surface area (Å²) < 4.78 is 42.2. The number of aryl methyl sites for hydroxylation is 1. The highest BCUT2D eigenvalue weighted by Crippen LogP contribution is 2.33. The monoisotopic (exact) mass is 504 g/mol. The lowest BCUT2D eigenvalue weighted by Gasteiger charge is -2.36. The molecule has 1 aromatic carbocycles. The van der Waals surface area contributed by atoms with Crippen LogP contribution in [-0.4, -0.2) is 35.5 Å². The Hall–Kier alpha value is -3.45. The lowest BCUT2D eigenvalue weighted by atomic mass is 9.93. The van der Waals surface area contributed by atoms with E-state index in [1.54, 1.807) is 19.2 Å². The Kier molecular flexibility index (Phi) is 7.08. The summed E-state index contributed by atoms with van der Waals surface area (Å²) in [4.78, 5) is 19.3. The smallest absolute Gasteiger partial charge is 0.573 e.